The van der Waals surface area contributed by atoms with Gasteiger partial charge in [-0.3, -0.25) is 9.59 Å². The van der Waals surface area contributed by atoms with Crippen molar-refractivity contribution in [3.63, 3.8) is 0 Å². The molecule has 9 nitrogen and oxygen atoms in total. The molecule has 1 amide bonds. The highest BCUT2D eigenvalue weighted by Gasteiger charge is 2.12. The normalized spacial score (nSPS) is 10.7. The molecule has 162 valence electrons. The minimum Gasteiger partial charge on any atom is -0.493 e. The Balaban J connectivity index is 1.41. The zero-order valence-electron chi connectivity index (χ0n) is 17.7. The quantitative estimate of drug-likeness (QED) is 0.447. The molecular weight excluding hydrogens is 410 g/mol. The van der Waals surface area contributed by atoms with Crippen LogP contribution in [0.3, 0.4) is 0 Å². The monoisotopic (exact) mass is 432 g/mol. The second-order valence-electron chi connectivity index (χ2n) is 7.07. The Morgan fingerprint density at radius 1 is 1.03 bits per heavy atom. The average molecular weight is 432 g/mol. The smallest absolute Gasteiger partial charge is 0.290 e. The number of amides is 1. The van der Waals surface area contributed by atoms with Gasteiger partial charge in [-0.05, 0) is 29.8 Å². The van der Waals surface area contributed by atoms with Gasteiger partial charge in [0.2, 0.25) is 6.54 Å². The van der Waals surface area contributed by atoms with Crippen LogP contribution in [0.1, 0.15) is 5.56 Å². The van der Waals surface area contributed by atoms with Gasteiger partial charge in [0, 0.05) is 23.9 Å². The van der Waals surface area contributed by atoms with Crippen molar-refractivity contribution in [2.24, 2.45) is 0 Å². The number of fused-ring (bicyclic) bond motifs is 1. The van der Waals surface area contributed by atoms with E-state index >= 15 is 0 Å². The first-order valence-electron chi connectivity index (χ1n) is 9.90. The Kier molecular flexibility index (Phi) is 6.07. The Morgan fingerprint density at radius 2 is 1.78 bits per heavy atom. The van der Waals surface area contributed by atoms with E-state index in [0.29, 0.717) is 28.1 Å². The summed E-state index contributed by atoms with van der Waals surface area (Å²) in [4.78, 5) is 25.0. The van der Waals surface area contributed by atoms with Crippen molar-refractivity contribution in [1.82, 2.24) is 15.0 Å². The molecule has 0 aliphatic heterocycles. The van der Waals surface area contributed by atoms with Gasteiger partial charge in [-0.15, -0.1) is 5.10 Å². The number of pyridine rings is 1. The van der Waals surface area contributed by atoms with Crippen LogP contribution in [0.5, 0.6) is 11.5 Å². The Hall–Kier alpha value is -4.27. The molecule has 0 saturated carbocycles. The van der Waals surface area contributed by atoms with Gasteiger partial charge < -0.3 is 14.8 Å². The third-order valence-electron chi connectivity index (χ3n) is 4.92. The number of aromatic nitrogens is 4. The minimum atomic E-state index is -0.193. The SMILES string of the molecule is COc1ccc(NC(=O)C[n+]2ccc(Cn3nnc4ccccc4c3=O)cc2)cc1OC. The van der Waals surface area contributed by atoms with E-state index in [1.165, 1.54) is 4.68 Å². The van der Waals surface area contributed by atoms with E-state index in [1.54, 1.807) is 67.6 Å². The van der Waals surface area contributed by atoms with E-state index in [9.17, 15) is 9.59 Å². The lowest BCUT2D eigenvalue weighted by Gasteiger charge is -2.10. The second kappa shape index (κ2) is 9.25. The first kappa shape index (κ1) is 21.0. The van der Waals surface area contributed by atoms with E-state index in [2.05, 4.69) is 15.6 Å². The zero-order valence-corrected chi connectivity index (χ0v) is 17.7. The van der Waals surface area contributed by atoms with Crippen molar-refractivity contribution < 1.29 is 18.8 Å². The fourth-order valence-electron chi connectivity index (χ4n) is 3.28. The first-order chi connectivity index (χ1) is 15.6. The van der Waals surface area contributed by atoms with E-state index in [1.807, 2.05) is 18.2 Å². The van der Waals surface area contributed by atoms with E-state index in [4.69, 9.17) is 9.47 Å². The van der Waals surface area contributed by atoms with Gasteiger partial charge in [-0.25, -0.2) is 4.68 Å². The summed E-state index contributed by atoms with van der Waals surface area (Å²) < 4.78 is 13.5. The van der Waals surface area contributed by atoms with Crippen LogP contribution in [0.4, 0.5) is 5.69 Å². The number of carbonyl (C=O) groups is 1. The summed E-state index contributed by atoms with van der Waals surface area (Å²) in [6.07, 6.45) is 3.56. The Labute approximate surface area is 183 Å². The van der Waals surface area contributed by atoms with Crippen molar-refractivity contribution in [3.05, 3.63) is 82.9 Å². The molecule has 9 heteroatoms. The topological polar surface area (TPSA) is 99.2 Å². The van der Waals surface area contributed by atoms with Gasteiger partial charge in [0.15, 0.2) is 23.9 Å². The molecule has 32 heavy (non-hydrogen) atoms. The summed E-state index contributed by atoms with van der Waals surface area (Å²) in [6, 6.07) is 16.0. The van der Waals surface area contributed by atoms with Crippen molar-refractivity contribution in [3.8, 4) is 11.5 Å². The molecule has 0 spiro atoms. The summed E-state index contributed by atoms with van der Waals surface area (Å²) >= 11 is 0. The molecular formula is C23H22N5O4+. The summed E-state index contributed by atoms with van der Waals surface area (Å²) in [5, 5.41) is 11.5. The summed E-state index contributed by atoms with van der Waals surface area (Å²) in [5.74, 6) is 0.937. The number of nitrogens with one attached hydrogen (secondary N) is 1. The number of hydrogen-bond donors (Lipinski definition) is 1. The average Bonchev–Trinajstić information content (AvgIpc) is 2.82. The zero-order chi connectivity index (χ0) is 22.5. The highest BCUT2D eigenvalue weighted by molar-refractivity contribution is 5.90. The Morgan fingerprint density at radius 3 is 2.53 bits per heavy atom. The van der Waals surface area contributed by atoms with Gasteiger partial charge in [-0.1, -0.05) is 17.3 Å². The number of benzene rings is 2. The van der Waals surface area contributed by atoms with Crippen LogP contribution in [-0.4, -0.2) is 35.1 Å². The van der Waals surface area contributed by atoms with Crippen molar-refractivity contribution in [1.29, 1.82) is 0 Å². The predicted molar refractivity (Wildman–Crippen MR) is 118 cm³/mol. The van der Waals surface area contributed by atoms with Crippen molar-refractivity contribution >= 4 is 22.5 Å². The summed E-state index contributed by atoms with van der Waals surface area (Å²) in [7, 11) is 3.10. The molecule has 0 aliphatic rings. The lowest BCUT2D eigenvalue weighted by Crippen LogP contribution is -2.39. The maximum absolute atomic E-state index is 12.6. The van der Waals surface area contributed by atoms with Gasteiger partial charge in [-0.2, -0.15) is 4.57 Å². The van der Waals surface area contributed by atoms with Crippen LogP contribution in [0.15, 0.2) is 71.8 Å². The van der Waals surface area contributed by atoms with Gasteiger partial charge >= 0.3 is 0 Å². The van der Waals surface area contributed by atoms with Crippen LogP contribution >= 0.6 is 0 Å². The molecule has 2 aromatic carbocycles. The number of hydrogen-bond acceptors (Lipinski definition) is 6. The van der Waals surface area contributed by atoms with E-state index in [-0.39, 0.29) is 24.6 Å². The highest BCUT2D eigenvalue weighted by Crippen LogP contribution is 2.29. The van der Waals surface area contributed by atoms with E-state index in [0.717, 1.165) is 5.56 Å². The summed E-state index contributed by atoms with van der Waals surface area (Å²) in [5.41, 5.74) is 1.86. The van der Waals surface area contributed by atoms with Gasteiger partial charge in [0.25, 0.3) is 11.5 Å². The fraction of sp³-hybridized carbons (Fsp3) is 0.174. The number of methoxy groups -OCH3 is 2. The maximum Gasteiger partial charge on any atom is 0.290 e. The standard InChI is InChI=1S/C23H21N5O4/c1-31-20-8-7-17(13-21(20)32-2)24-22(29)15-27-11-9-16(10-12-27)14-28-23(30)18-5-3-4-6-19(18)25-26-28/h3-13H,14-15H2,1-2H3/p+1. The lowest BCUT2D eigenvalue weighted by molar-refractivity contribution is -0.684. The van der Waals surface area contributed by atoms with Crippen molar-refractivity contribution in [2.75, 3.05) is 19.5 Å². The van der Waals surface area contributed by atoms with Crippen LogP contribution in [0.25, 0.3) is 10.9 Å². The molecule has 0 fully saturated rings. The molecule has 2 heterocycles. The largest absolute Gasteiger partial charge is 0.493 e. The van der Waals surface area contributed by atoms with Crippen LogP contribution in [0.2, 0.25) is 0 Å². The second-order valence-corrected chi connectivity index (χ2v) is 7.07. The molecule has 4 aromatic rings. The molecule has 0 atom stereocenters. The molecule has 0 radical (unpaired) electrons. The first-order valence-corrected chi connectivity index (χ1v) is 9.90. The molecule has 4 rings (SSSR count). The molecule has 0 aliphatic carbocycles. The minimum absolute atomic E-state index is 0.129. The number of ether oxygens (including phenoxy) is 2. The van der Waals surface area contributed by atoms with Crippen LogP contribution < -0.4 is 24.9 Å². The molecule has 1 N–H and O–H groups in total. The van der Waals surface area contributed by atoms with Gasteiger partial charge in [0.1, 0.15) is 5.52 Å². The number of rotatable bonds is 7. The number of anilines is 1. The van der Waals surface area contributed by atoms with Crippen molar-refractivity contribution in [2.45, 2.75) is 13.1 Å². The van der Waals surface area contributed by atoms with Gasteiger partial charge in [0.05, 0.1) is 26.2 Å². The number of nitrogens with zero attached hydrogens (tertiary/aromatic N) is 4. The fourth-order valence-corrected chi connectivity index (χ4v) is 3.28. The third-order valence-corrected chi connectivity index (χ3v) is 4.92. The molecule has 0 saturated heterocycles. The van der Waals surface area contributed by atoms with E-state index < -0.39 is 0 Å². The highest BCUT2D eigenvalue weighted by atomic mass is 16.5. The third kappa shape index (κ3) is 4.56. The molecule has 0 unspecified atom stereocenters. The molecule has 0 bridgehead atoms. The number of carbonyl (C=O) groups excluding carboxylic acids is 1. The maximum atomic E-state index is 12.6. The summed E-state index contributed by atoms with van der Waals surface area (Å²) in [6.45, 7) is 0.416. The predicted octanol–water partition coefficient (Wildman–Crippen LogP) is 1.78. The van der Waals surface area contributed by atoms with Crippen LogP contribution in [0, 0.1) is 0 Å². The Bertz CT molecular complexity index is 1320. The molecule has 2 aromatic heterocycles. The van der Waals surface area contributed by atoms with Crippen LogP contribution in [-0.2, 0) is 17.9 Å². The lowest BCUT2D eigenvalue weighted by atomic mass is 10.2.